The van der Waals surface area contributed by atoms with Crippen LogP contribution < -0.4 is 14.2 Å². The quantitative estimate of drug-likeness (QED) is 0.843. The number of pyridine rings is 1. The van der Waals surface area contributed by atoms with Crippen LogP contribution >= 0.6 is 0 Å². The summed E-state index contributed by atoms with van der Waals surface area (Å²) in [4.78, 5) is 18.6. The molecule has 1 amide bonds. The van der Waals surface area contributed by atoms with Gasteiger partial charge < -0.3 is 19.1 Å². The zero-order valence-electron chi connectivity index (χ0n) is 14.0. The number of benzene rings is 1. The highest BCUT2D eigenvalue weighted by Crippen LogP contribution is 2.29. The number of methoxy groups -OCH3 is 2. The average Bonchev–Trinajstić information content (AvgIpc) is 2.56. The molecule has 0 unspecified atom stereocenters. The Morgan fingerprint density at radius 1 is 1.12 bits per heavy atom. The summed E-state index contributed by atoms with van der Waals surface area (Å²) in [6.45, 7) is 3.01. The largest absolute Gasteiger partial charge is 0.493 e. The minimum absolute atomic E-state index is 0.0246. The minimum Gasteiger partial charge on any atom is -0.493 e. The molecule has 6 heteroatoms. The number of aryl methyl sites for hydroxylation is 1. The fourth-order valence-electron chi connectivity index (χ4n) is 2.58. The first-order chi connectivity index (χ1) is 11.6. The molecule has 1 fully saturated rings. The van der Waals surface area contributed by atoms with Crippen molar-refractivity contribution in [3.05, 3.63) is 47.7 Å². The molecule has 6 nitrogen and oxygen atoms in total. The second-order valence-electron chi connectivity index (χ2n) is 5.64. The lowest BCUT2D eigenvalue weighted by Crippen LogP contribution is -2.56. The normalized spacial score (nSPS) is 14.0. The summed E-state index contributed by atoms with van der Waals surface area (Å²) in [6.07, 6.45) is -0.0246. The third kappa shape index (κ3) is 3.27. The van der Waals surface area contributed by atoms with Gasteiger partial charge in [0, 0.05) is 17.3 Å². The van der Waals surface area contributed by atoms with Crippen molar-refractivity contribution in [3.63, 3.8) is 0 Å². The van der Waals surface area contributed by atoms with Gasteiger partial charge in [-0.3, -0.25) is 4.79 Å². The molecule has 2 aromatic rings. The number of rotatable bonds is 5. The standard InChI is InChI=1S/C18H20N2O4/c1-12-5-4-6-17(19-12)24-14-10-20(11-14)18(21)13-7-8-15(22-2)16(9-13)23-3/h4-9,14H,10-11H2,1-3H3. The van der Waals surface area contributed by atoms with Crippen LogP contribution in [0.25, 0.3) is 0 Å². The fourth-order valence-corrected chi connectivity index (χ4v) is 2.58. The monoisotopic (exact) mass is 328 g/mol. The zero-order valence-corrected chi connectivity index (χ0v) is 14.0. The van der Waals surface area contributed by atoms with E-state index in [9.17, 15) is 4.79 Å². The molecule has 0 saturated carbocycles. The maximum atomic E-state index is 12.5. The lowest BCUT2D eigenvalue weighted by molar-refractivity contribution is 0.0159. The Morgan fingerprint density at radius 3 is 2.54 bits per heavy atom. The van der Waals surface area contributed by atoms with E-state index in [-0.39, 0.29) is 12.0 Å². The maximum absolute atomic E-state index is 12.5. The first kappa shape index (κ1) is 16.1. The summed E-state index contributed by atoms with van der Waals surface area (Å²) in [6, 6.07) is 10.8. The highest BCUT2D eigenvalue weighted by atomic mass is 16.5. The van der Waals surface area contributed by atoms with Gasteiger partial charge in [-0.25, -0.2) is 4.98 Å². The van der Waals surface area contributed by atoms with Gasteiger partial charge in [0.05, 0.1) is 27.3 Å². The van der Waals surface area contributed by atoms with E-state index in [4.69, 9.17) is 14.2 Å². The van der Waals surface area contributed by atoms with Crippen LogP contribution in [0.3, 0.4) is 0 Å². The Bertz CT molecular complexity index is 742. The molecular formula is C18H20N2O4. The summed E-state index contributed by atoms with van der Waals surface area (Å²) < 4.78 is 16.2. The summed E-state index contributed by atoms with van der Waals surface area (Å²) in [5, 5.41) is 0. The molecule has 0 aliphatic carbocycles. The molecule has 0 bridgehead atoms. The van der Waals surface area contributed by atoms with Gasteiger partial charge in [-0.1, -0.05) is 6.07 Å². The molecular weight excluding hydrogens is 308 g/mol. The van der Waals surface area contributed by atoms with Crippen LogP contribution in [0.4, 0.5) is 0 Å². The van der Waals surface area contributed by atoms with Crippen molar-refractivity contribution in [2.45, 2.75) is 13.0 Å². The number of amides is 1. The average molecular weight is 328 g/mol. The van der Waals surface area contributed by atoms with Crippen LogP contribution in [0.1, 0.15) is 16.1 Å². The summed E-state index contributed by atoms with van der Waals surface area (Å²) in [5.41, 5.74) is 1.48. The Morgan fingerprint density at radius 2 is 1.88 bits per heavy atom. The third-order valence-corrected chi connectivity index (χ3v) is 3.92. The summed E-state index contributed by atoms with van der Waals surface area (Å²) in [7, 11) is 3.12. The van der Waals surface area contributed by atoms with E-state index < -0.39 is 0 Å². The molecule has 2 heterocycles. The van der Waals surface area contributed by atoms with E-state index in [2.05, 4.69) is 4.98 Å². The SMILES string of the molecule is COc1ccc(C(=O)N2CC(Oc3cccc(C)n3)C2)cc1OC. The van der Waals surface area contributed by atoms with E-state index in [0.29, 0.717) is 36.0 Å². The minimum atomic E-state index is -0.0481. The van der Waals surface area contributed by atoms with Crippen molar-refractivity contribution in [1.29, 1.82) is 0 Å². The summed E-state index contributed by atoms with van der Waals surface area (Å²) in [5.74, 6) is 1.69. The number of ether oxygens (including phenoxy) is 3. The molecule has 24 heavy (non-hydrogen) atoms. The molecule has 1 aliphatic rings. The lowest BCUT2D eigenvalue weighted by Gasteiger charge is -2.38. The van der Waals surface area contributed by atoms with Crippen molar-refractivity contribution in [2.75, 3.05) is 27.3 Å². The predicted octanol–water partition coefficient (Wildman–Crippen LogP) is 2.31. The van der Waals surface area contributed by atoms with Crippen molar-refractivity contribution < 1.29 is 19.0 Å². The van der Waals surface area contributed by atoms with Crippen LogP contribution in [0.5, 0.6) is 17.4 Å². The molecule has 3 rings (SSSR count). The van der Waals surface area contributed by atoms with Gasteiger partial charge in [0.1, 0.15) is 6.10 Å². The molecule has 0 atom stereocenters. The first-order valence-electron chi connectivity index (χ1n) is 7.72. The van der Waals surface area contributed by atoms with Crippen molar-refractivity contribution >= 4 is 5.91 Å². The van der Waals surface area contributed by atoms with Crippen molar-refractivity contribution in [1.82, 2.24) is 9.88 Å². The second-order valence-corrected chi connectivity index (χ2v) is 5.64. The van der Waals surface area contributed by atoms with Gasteiger partial charge in [-0.05, 0) is 31.2 Å². The number of hydrogen-bond acceptors (Lipinski definition) is 5. The molecule has 0 radical (unpaired) electrons. The highest BCUT2D eigenvalue weighted by Gasteiger charge is 2.33. The summed E-state index contributed by atoms with van der Waals surface area (Å²) >= 11 is 0. The van der Waals surface area contributed by atoms with Crippen LogP contribution in [0.2, 0.25) is 0 Å². The topological polar surface area (TPSA) is 60.9 Å². The van der Waals surface area contributed by atoms with Gasteiger partial charge in [0.15, 0.2) is 11.5 Å². The maximum Gasteiger partial charge on any atom is 0.254 e. The van der Waals surface area contributed by atoms with E-state index in [1.165, 1.54) is 0 Å². The Labute approximate surface area is 141 Å². The Hall–Kier alpha value is -2.76. The van der Waals surface area contributed by atoms with Gasteiger partial charge >= 0.3 is 0 Å². The van der Waals surface area contributed by atoms with Crippen LogP contribution in [0.15, 0.2) is 36.4 Å². The Balaban J connectivity index is 1.60. The van der Waals surface area contributed by atoms with E-state index in [1.807, 2.05) is 25.1 Å². The van der Waals surface area contributed by atoms with E-state index in [1.54, 1.807) is 37.3 Å². The Kier molecular flexibility index (Phi) is 4.55. The predicted molar refractivity (Wildman–Crippen MR) is 88.8 cm³/mol. The number of nitrogens with zero attached hydrogens (tertiary/aromatic N) is 2. The van der Waals surface area contributed by atoms with Crippen LogP contribution in [0, 0.1) is 6.92 Å². The number of carbonyl (C=O) groups excluding carboxylic acids is 1. The van der Waals surface area contributed by atoms with Crippen LogP contribution in [-0.2, 0) is 0 Å². The van der Waals surface area contributed by atoms with Crippen molar-refractivity contribution in [3.8, 4) is 17.4 Å². The van der Waals surface area contributed by atoms with Gasteiger partial charge in [0.2, 0.25) is 5.88 Å². The molecule has 1 saturated heterocycles. The molecule has 0 N–H and O–H groups in total. The highest BCUT2D eigenvalue weighted by molar-refractivity contribution is 5.95. The number of aromatic nitrogens is 1. The van der Waals surface area contributed by atoms with Gasteiger partial charge in [-0.15, -0.1) is 0 Å². The second kappa shape index (κ2) is 6.78. The molecule has 1 aliphatic heterocycles. The molecule has 0 spiro atoms. The number of hydrogen-bond donors (Lipinski definition) is 0. The number of carbonyl (C=O) groups is 1. The smallest absolute Gasteiger partial charge is 0.254 e. The molecule has 1 aromatic heterocycles. The molecule has 1 aromatic carbocycles. The zero-order chi connectivity index (χ0) is 17.1. The van der Waals surface area contributed by atoms with Crippen molar-refractivity contribution in [2.24, 2.45) is 0 Å². The van der Waals surface area contributed by atoms with Crippen LogP contribution in [-0.4, -0.2) is 49.2 Å². The van der Waals surface area contributed by atoms with Gasteiger partial charge in [-0.2, -0.15) is 0 Å². The number of likely N-dealkylation sites (tertiary alicyclic amines) is 1. The third-order valence-electron chi connectivity index (χ3n) is 3.92. The fraction of sp³-hybridized carbons (Fsp3) is 0.333. The lowest BCUT2D eigenvalue weighted by atomic mass is 10.1. The first-order valence-corrected chi connectivity index (χ1v) is 7.72. The molecule has 126 valence electrons. The van der Waals surface area contributed by atoms with E-state index >= 15 is 0 Å². The van der Waals surface area contributed by atoms with E-state index in [0.717, 1.165) is 5.69 Å². The van der Waals surface area contributed by atoms with Gasteiger partial charge in [0.25, 0.3) is 5.91 Å².